The van der Waals surface area contributed by atoms with Crippen molar-refractivity contribution in [3.63, 3.8) is 0 Å². The van der Waals surface area contributed by atoms with Crippen LogP contribution in [0, 0.1) is 6.92 Å². The van der Waals surface area contributed by atoms with Gasteiger partial charge in [-0.2, -0.15) is 15.1 Å². The third-order valence-corrected chi connectivity index (χ3v) is 4.16. The number of aryl methyl sites for hydroxylation is 2. The SMILES string of the molecule is Cc1c[nH]c2nc(Nc3ccc4cnn(C)c4c3)nc(NC(C)C)c12. The van der Waals surface area contributed by atoms with Crippen molar-refractivity contribution in [2.24, 2.45) is 7.05 Å². The second-order valence-electron chi connectivity index (χ2n) is 6.56. The van der Waals surface area contributed by atoms with E-state index in [-0.39, 0.29) is 6.04 Å². The molecule has 25 heavy (non-hydrogen) atoms. The molecular weight excluding hydrogens is 314 g/mol. The Morgan fingerprint density at radius 1 is 1.20 bits per heavy atom. The predicted molar refractivity (Wildman–Crippen MR) is 101 cm³/mol. The topological polar surface area (TPSA) is 83.5 Å². The molecule has 0 saturated carbocycles. The van der Waals surface area contributed by atoms with E-state index in [1.165, 1.54) is 0 Å². The minimum Gasteiger partial charge on any atom is -0.367 e. The number of hydrogen-bond donors (Lipinski definition) is 3. The largest absolute Gasteiger partial charge is 0.367 e. The molecule has 4 rings (SSSR count). The summed E-state index contributed by atoms with van der Waals surface area (Å²) in [6.45, 7) is 6.25. The Kier molecular flexibility index (Phi) is 3.56. The molecule has 3 aromatic heterocycles. The van der Waals surface area contributed by atoms with Gasteiger partial charge in [-0.3, -0.25) is 4.68 Å². The van der Waals surface area contributed by atoms with Gasteiger partial charge >= 0.3 is 0 Å². The van der Waals surface area contributed by atoms with Gasteiger partial charge in [-0.1, -0.05) is 0 Å². The van der Waals surface area contributed by atoms with Crippen LogP contribution in [0.4, 0.5) is 17.5 Å². The average Bonchev–Trinajstić information content (AvgIpc) is 3.11. The quantitative estimate of drug-likeness (QED) is 0.529. The van der Waals surface area contributed by atoms with Crippen molar-refractivity contribution >= 4 is 39.4 Å². The van der Waals surface area contributed by atoms with Gasteiger partial charge in [0.25, 0.3) is 0 Å². The van der Waals surface area contributed by atoms with Crippen LogP contribution in [0.3, 0.4) is 0 Å². The summed E-state index contributed by atoms with van der Waals surface area (Å²) in [7, 11) is 1.93. The molecule has 3 heterocycles. The number of rotatable bonds is 4. The standard InChI is InChI=1S/C18H21N7/c1-10(2)21-17-15-11(3)8-19-16(15)23-18(24-17)22-13-6-5-12-9-20-25(4)14(12)7-13/h5-10H,1-4H3,(H3,19,21,22,23,24). The molecule has 0 unspecified atom stereocenters. The zero-order valence-electron chi connectivity index (χ0n) is 14.8. The molecule has 1 aromatic carbocycles. The van der Waals surface area contributed by atoms with E-state index in [4.69, 9.17) is 0 Å². The van der Waals surface area contributed by atoms with Crippen LogP contribution in [0.15, 0.2) is 30.6 Å². The monoisotopic (exact) mass is 335 g/mol. The number of hydrogen-bond acceptors (Lipinski definition) is 5. The van der Waals surface area contributed by atoms with Gasteiger partial charge in [-0.05, 0) is 44.5 Å². The van der Waals surface area contributed by atoms with Gasteiger partial charge in [0.1, 0.15) is 11.5 Å². The van der Waals surface area contributed by atoms with Crippen LogP contribution in [0.2, 0.25) is 0 Å². The average molecular weight is 335 g/mol. The number of fused-ring (bicyclic) bond motifs is 2. The molecule has 7 heteroatoms. The van der Waals surface area contributed by atoms with Crippen LogP contribution in [-0.4, -0.2) is 30.8 Å². The summed E-state index contributed by atoms with van der Waals surface area (Å²) < 4.78 is 1.85. The summed E-state index contributed by atoms with van der Waals surface area (Å²) in [6.07, 6.45) is 3.81. The van der Waals surface area contributed by atoms with Crippen molar-refractivity contribution in [1.29, 1.82) is 0 Å². The number of aromatic nitrogens is 5. The molecule has 0 aliphatic carbocycles. The van der Waals surface area contributed by atoms with Gasteiger partial charge in [0.05, 0.1) is 17.1 Å². The predicted octanol–water partition coefficient (Wildman–Crippen LogP) is 3.72. The normalized spacial score (nSPS) is 11.6. The number of H-pyrrole nitrogens is 1. The van der Waals surface area contributed by atoms with E-state index >= 15 is 0 Å². The summed E-state index contributed by atoms with van der Waals surface area (Å²) in [5.74, 6) is 1.39. The highest BCUT2D eigenvalue weighted by molar-refractivity contribution is 5.92. The van der Waals surface area contributed by atoms with Crippen molar-refractivity contribution in [2.45, 2.75) is 26.8 Å². The molecule has 0 aliphatic heterocycles. The zero-order valence-corrected chi connectivity index (χ0v) is 14.8. The highest BCUT2D eigenvalue weighted by atomic mass is 15.2. The number of anilines is 3. The van der Waals surface area contributed by atoms with E-state index in [1.54, 1.807) is 0 Å². The van der Waals surface area contributed by atoms with E-state index in [0.717, 1.165) is 39.0 Å². The van der Waals surface area contributed by atoms with E-state index in [1.807, 2.05) is 42.3 Å². The Hall–Kier alpha value is -3.09. The molecule has 128 valence electrons. The Labute approximate surface area is 145 Å². The molecule has 0 saturated heterocycles. The Morgan fingerprint density at radius 2 is 2.04 bits per heavy atom. The molecule has 0 amide bonds. The molecule has 0 fully saturated rings. The van der Waals surface area contributed by atoms with Crippen molar-refractivity contribution in [1.82, 2.24) is 24.7 Å². The molecule has 0 aliphatic rings. The second-order valence-corrected chi connectivity index (χ2v) is 6.56. The molecule has 0 spiro atoms. The number of benzene rings is 1. The summed E-state index contributed by atoms with van der Waals surface area (Å²) >= 11 is 0. The first-order valence-corrected chi connectivity index (χ1v) is 8.32. The fraction of sp³-hybridized carbons (Fsp3) is 0.278. The second kappa shape index (κ2) is 5.77. The van der Waals surface area contributed by atoms with Crippen LogP contribution in [0.25, 0.3) is 21.9 Å². The van der Waals surface area contributed by atoms with Crippen molar-refractivity contribution < 1.29 is 0 Å². The van der Waals surface area contributed by atoms with Crippen molar-refractivity contribution in [2.75, 3.05) is 10.6 Å². The van der Waals surface area contributed by atoms with Gasteiger partial charge in [0.15, 0.2) is 0 Å². The summed E-state index contributed by atoms with van der Waals surface area (Å²) in [6, 6.07) is 6.37. The first-order chi connectivity index (χ1) is 12.0. The Bertz CT molecular complexity index is 1060. The van der Waals surface area contributed by atoms with Crippen LogP contribution in [0.1, 0.15) is 19.4 Å². The molecule has 4 aromatic rings. The van der Waals surface area contributed by atoms with Crippen molar-refractivity contribution in [3.8, 4) is 0 Å². The zero-order chi connectivity index (χ0) is 17.6. The van der Waals surface area contributed by atoms with Gasteiger partial charge in [0, 0.05) is 30.4 Å². The molecule has 0 atom stereocenters. The maximum atomic E-state index is 4.68. The molecule has 3 N–H and O–H groups in total. The van der Waals surface area contributed by atoms with Crippen LogP contribution >= 0.6 is 0 Å². The van der Waals surface area contributed by atoms with Gasteiger partial charge in [-0.15, -0.1) is 0 Å². The molecular formula is C18H21N7. The van der Waals surface area contributed by atoms with Gasteiger partial charge in [0.2, 0.25) is 5.95 Å². The van der Waals surface area contributed by atoms with E-state index in [0.29, 0.717) is 5.95 Å². The Morgan fingerprint density at radius 3 is 2.84 bits per heavy atom. The van der Waals surface area contributed by atoms with Crippen LogP contribution < -0.4 is 10.6 Å². The number of nitrogens with one attached hydrogen (secondary N) is 3. The van der Waals surface area contributed by atoms with E-state index in [9.17, 15) is 0 Å². The van der Waals surface area contributed by atoms with E-state index in [2.05, 4.69) is 51.5 Å². The lowest BCUT2D eigenvalue weighted by Crippen LogP contribution is -2.12. The molecule has 0 bridgehead atoms. The number of nitrogens with zero attached hydrogens (tertiary/aromatic N) is 4. The number of aromatic amines is 1. The third-order valence-electron chi connectivity index (χ3n) is 4.16. The van der Waals surface area contributed by atoms with Crippen LogP contribution in [-0.2, 0) is 7.05 Å². The summed E-state index contributed by atoms with van der Waals surface area (Å²) in [5.41, 5.74) is 3.93. The highest BCUT2D eigenvalue weighted by Gasteiger charge is 2.13. The van der Waals surface area contributed by atoms with Crippen molar-refractivity contribution in [3.05, 3.63) is 36.2 Å². The highest BCUT2D eigenvalue weighted by Crippen LogP contribution is 2.27. The first-order valence-electron chi connectivity index (χ1n) is 8.32. The Balaban J connectivity index is 1.76. The minimum atomic E-state index is 0.283. The minimum absolute atomic E-state index is 0.283. The molecule has 7 nitrogen and oxygen atoms in total. The van der Waals surface area contributed by atoms with E-state index < -0.39 is 0 Å². The summed E-state index contributed by atoms with van der Waals surface area (Å²) in [5, 5.41) is 13.1. The maximum absolute atomic E-state index is 4.68. The smallest absolute Gasteiger partial charge is 0.231 e. The fourth-order valence-corrected chi connectivity index (χ4v) is 2.97. The maximum Gasteiger partial charge on any atom is 0.231 e. The lowest BCUT2D eigenvalue weighted by Gasteiger charge is -2.13. The lowest BCUT2D eigenvalue weighted by molar-refractivity contribution is 0.797. The fourth-order valence-electron chi connectivity index (χ4n) is 2.97. The lowest BCUT2D eigenvalue weighted by atomic mass is 10.2. The molecule has 0 radical (unpaired) electrons. The van der Waals surface area contributed by atoms with Crippen LogP contribution in [0.5, 0.6) is 0 Å². The van der Waals surface area contributed by atoms with Gasteiger partial charge in [-0.25, -0.2) is 0 Å². The third kappa shape index (κ3) is 2.77. The van der Waals surface area contributed by atoms with Gasteiger partial charge < -0.3 is 15.6 Å². The first kappa shape index (κ1) is 15.4. The summed E-state index contributed by atoms with van der Waals surface area (Å²) in [4.78, 5) is 12.5.